The maximum Gasteiger partial charge on any atom is 0.268 e. The van der Waals surface area contributed by atoms with E-state index < -0.39 is 5.91 Å². The van der Waals surface area contributed by atoms with Gasteiger partial charge in [0.1, 0.15) is 17.4 Å². The summed E-state index contributed by atoms with van der Waals surface area (Å²) in [5, 5.41) is 13.8. The Morgan fingerprint density at radius 1 is 1.44 bits per heavy atom. The standard InChI is InChI=1S/C18H19N3O2S2/c1-12-11-20-18(24-12)21-17(22)13(10-19)9-14-7-8-16(23-14)25-15-5-3-2-4-6-15/h7-9,11,15H,2-6H2,1H3,(H,20,21,22)/b13-9-. The third-order valence-corrected chi connectivity index (χ3v) is 6.02. The molecule has 7 heteroatoms. The molecule has 5 nitrogen and oxygen atoms in total. The number of hydrogen-bond donors (Lipinski definition) is 1. The van der Waals surface area contributed by atoms with E-state index >= 15 is 0 Å². The second-order valence-corrected chi connectivity index (χ2v) is 8.47. The van der Waals surface area contributed by atoms with Crippen LogP contribution in [0.4, 0.5) is 5.13 Å². The van der Waals surface area contributed by atoms with Gasteiger partial charge in [0.25, 0.3) is 5.91 Å². The zero-order valence-corrected chi connectivity index (χ0v) is 15.6. The van der Waals surface area contributed by atoms with E-state index in [1.165, 1.54) is 49.5 Å². The van der Waals surface area contributed by atoms with Gasteiger partial charge < -0.3 is 4.42 Å². The number of rotatable bonds is 5. The first-order valence-corrected chi connectivity index (χ1v) is 9.96. The van der Waals surface area contributed by atoms with E-state index in [2.05, 4.69) is 10.3 Å². The van der Waals surface area contributed by atoms with Crippen molar-refractivity contribution in [1.29, 1.82) is 5.26 Å². The van der Waals surface area contributed by atoms with Gasteiger partial charge in [-0.05, 0) is 31.9 Å². The molecule has 0 atom stereocenters. The average molecular weight is 374 g/mol. The first-order chi connectivity index (χ1) is 12.1. The molecule has 0 bridgehead atoms. The quantitative estimate of drug-likeness (QED) is 0.588. The van der Waals surface area contributed by atoms with Crippen LogP contribution >= 0.6 is 23.1 Å². The Kier molecular flexibility index (Phi) is 5.95. The fraction of sp³-hybridized carbons (Fsp3) is 0.389. The minimum absolute atomic E-state index is 0.00332. The Morgan fingerprint density at radius 2 is 2.24 bits per heavy atom. The van der Waals surface area contributed by atoms with Gasteiger partial charge in [-0.2, -0.15) is 5.26 Å². The van der Waals surface area contributed by atoms with Crippen molar-refractivity contribution in [2.45, 2.75) is 49.4 Å². The Bertz CT molecular complexity index is 810. The molecule has 0 aliphatic heterocycles. The van der Waals surface area contributed by atoms with Gasteiger partial charge in [0.15, 0.2) is 10.2 Å². The second-order valence-electron chi connectivity index (χ2n) is 5.93. The van der Waals surface area contributed by atoms with Gasteiger partial charge in [-0.15, -0.1) is 11.3 Å². The molecule has 1 aliphatic carbocycles. The number of thioether (sulfide) groups is 1. The number of nitrogens with one attached hydrogen (secondary N) is 1. The molecule has 2 heterocycles. The van der Waals surface area contributed by atoms with Crippen molar-refractivity contribution < 1.29 is 9.21 Å². The molecule has 1 fully saturated rings. The fourth-order valence-electron chi connectivity index (χ4n) is 2.69. The number of furan rings is 1. The third-order valence-electron chi connectivity index (χ3n) is 3.93. The summed E-state index contributed by atoms with van der Waals surface area (Å²) in [6.45, 7) is 1.91. The van der Waals surface area contributed by atoms with Crippen molar-refractivity contribution in [3.8, 4) is 6.07 Å². The molecule has 1 N–H and O–H groups in total. The van der Waals surface area contributed by atoms with Gasteiger partial charge in [-0.25, -0.2) is 4.98 Å². The van der Waals surface area contributed by atoms with E-state index in [9.17, 15) is 10.1 Å². The monoisotopic (exact) mass is 373 g/mol. The van der Waals surface area contributed by atoms with Crippen LogP contribution in [-0.4, -0.2) is 16.1 Å². The Hall–Kier alpha value is -2.04. The van der Waals surface area contributed by atoms with E-state index in [0.29, 0.717) is 16.1 Å². The van der Waals surface area contributed by atoms with Crippen LogP contribution in [0, 0.1) is 18.3 Å². The van der Waals surface area contributed by atoms with E-state index in [1.54, 1.807) is 24.0 Å². The van der Waals surface area contributed by atoms with E-state index in [0.717, 1.165) is 9.97 Å². The van der Waals surface area contributed by atoms with Crippen LogP contribution in [-0.2, 0) is 4.79 Å². The van der Waals surface area contributed by atoms with Crippen molar-refractivity contribution >= 4 is 40.2 Å². The fourth-order valence-corrected chi connectivity index (χ4v) is 4.54. The topological polar surface area (TPSA) is 78.9 Å². The molecule has 1 amide bonds. The van der Waals surface area contributed by atoms with Gasteiger partial charge in [-0.3, -0.25) is 10.1 Å². The van der Waals surface area contributed by atoms with Crippen LogP contribution in [0.15, 0.2) is 33.4 Å². The van der Waals surface area contributed by atoms with Crippen molar-refractivity contribution in [2.24, 2.45) is 0 Å². The van der Waals surface area contributed by atoms with E-state index in [4.69, 9.17) is 4.42 Å². The highest BCUT2D eigenvalue weighted by atomic mass is 32.2. The van der Waals surface area contributed by atoms with Gasteiger partial charge >= 0.3 is 0 Å². The molecule has 1 saturated carbocycles. The summed E-state index contributed by atoms with van der Waals surface area (Å²) in [7, 11) is 0. The molecular formula is C18H19N3O2S2. The van der Waals surface area contributed by atoms with Crippen molar-refractivity contribution in [3.05, 3.63) is 34.5 Å². The van der Waals surface area contributed by atoms with Crippen molar-refractivity contribution in [1.82, 2.24) is 4.98 Å². The van der Waals surface area contributed by atoms with Gasteiger partial charge in [0, 0.05) is 22.4 Å². The van der Waals surface area contributed by atoms with Crippen LogP contribution in [0.3, 0.4) is 0 Å². The lowest BCUT2D eigenvalue weighted by Crippen LogP contribution is -2.13. The van der Waals surface area contributed by atoms with Crippen LogP contribution < -0.4 is 5.32 Å². The van der Waals surface area contributed by atoms with E-state index in [1.807, 2.05) is 19.1 Å². The number of carbonyl (C=O) groups excluding carboxylic acids is 1. The Balaban J connectivity index is 1.65. The summed E-state index contributed by atoms with van der Waals surface area (Å²) < 4.78 is 5.77. The predicted octanol–water partition coefficient (Wildman–Crippen LogP) is 5.02. The third kappa shape index (κ3) is 4.97. The minimum atomic E-state index is -0.477. The number of aromatic nitrogens is 1. The van der Waals surface area contributed by atoms with Crippen LogP contribution in [0.2, 0.25) is 0 Å². The maximum atomic E-state index is 12.2. The van der Waals surface area contributed by atoms with Crippen molar-refractivity contribution in [3.63, 3.8) is 0 Å². The molecular weight excluding hydrogens is 354 g/mol. The van der Waals surface area contributed by atoms with Crippen LogP contribution in [0.1, 0.15) is 42.7 Å². The molecule has 25 heavy (non-hydrogen) atoms. The van der Waals surface area contributed by atoms with E-state index in [-0.39, 0.29) is 5.57 Å². The number of hydrogen-bond acceptors (Lipinski definition) is 6. The molecule has 0 aromatic carbocycles. The average Bonchev–Trinajstić information content (AvgIpc) is 3.22. The summed E-state index contributed by atoms with van der Waals surface area (Å²) in [5.74, 6) is 0.0371. The molecule has 0 spiro atoms. The predicted molar refractivity (Wildman–Crippen MR) is 101 cm³/mol. The first kappa shape index (κ1) is 17.8. The number of amides is 1. The van der Waals surface area contributed by atoms with Gasteiger partial charge in [0.2, 0.25) is 0 Å². The Morgan fingerprint density at radius 3 is 2.92 bits per heavy atom. The number of nitriles is 1. The summed E-state index contributed by atoms with van der Waals surface area (Å²) in [4.78, 5) is 17.3. The first-order valence-electron chi connectivity index (χ1n) is 8.26. The zero-order valence-electron chi connectivity index (χ0n) is 13.9. The van der Waals surface area contributed by atoms with Crippen molar-refractivity contribution in [2.75, 3.05) is 5.32 Å². The Labute approximate surface area is 155 Å². The van der Waals surface area contributed by atoms with Gasteiger partial charge in [-0.1, -0.05) is 31.0 Å². The lowest BCUT2D eigenvalue weighted by Gasteiger charge is -2.19. The molecule has 3 rings (SSSR count). The number of anilines is 1. The lowest BCUT2D eigenvalue weighted by molar-refractivity contribution is -0.112. The minimum Gasteiger partial charge on any atom is -0.450 e. The van der Waals surface area contributed by atoms with Gasteiger partial charge in [0.05, 0.1) is 0 Å². The smallest absolute Gasteiger partial charge is 0.268 e. The van der Waals surface area contributed by atoms with Crippen LogP contribution in [0.25, 0.3) is 6.08 Å². The molecule has 0 saturated heterocycles. The zero-order chi connectivity index (χ0) is 17.6. The number of nitrogens with zero attached hydrogens (tertiary/aromatic N) is 2. The highest BCUT2D eigenvalue weighted by Gasteiger charge is 2.17. The molecule has 0 radical (unpaired) electrons. The molecule has 1 aliphatic rings. The largest absolute Gasteiger partial charge is 0.450 e. The molecule has 2 aromatic heterocycles. The number of thiazole rings is 1. The number of carbonyl (C=O) groups is 1. The summed E-state index contributed by atoms with van der Waals surface area (Å²) >= 11 is 3.11. The second kappa shape index (κ2) is 8.37. The highest BCUT2D eigenvalue weighted by molar-refractivity contribution is 7.99. The normalized spacial score (nSPS) is 15.8. The summed E-state index contributed by atoms with van der Waals surface area (Å²) in [5.41, 5.74) is -0.00332. The van der Waals surface area contributed by atoms with Crippen LogP contribution in [0.5, 0.6) is 0 Å². The molecule has 2 aromatic rings. The number of aryl methyl sites for hydroxylation is 1. The highest BCUT2D eigenvalue weighted by Crippen LogP contribution is 2.34. The maximum absolute atomic E-state index is 12.2. The summed E-state index contributed by atoms with van der Waals surface area (Å²) in [6, 6.07) is 5.63. The molecule has 130 valence electrons. The SMILES string of the molecule is Cc1cnc(NC(=O)/C(C#N)=C\c2ccc(SC3CCCCC3)o2)s1. The summed E-state index contributed by atoms with van der Waals surface area (Å²) in [6.07, 6.45) is 9.46. The lowest BCUT2D eigenvalue weighted by atomic mass is 10.0. The molecule has 0 unspecified atom stereocenters.